The minimum atomic E-state index is -0.901. The molecule has 38 heavy (non-hydrogen) atoms. The topological polar surface area (TPSA) is 87.0 Å². The van der Waals surface area contributed by atoms with Crippen LogP contribution in [0.15, 0.2) is 24.3 Å². The third-order valence-electron chi connectivity index (χ3n) is 13.5. The van der Waals surface area contributed by atoms with E-state index in [2.05, 4.69) is 47.3 Å². The zero-order valence-electron chi connectivity index (χ0n) is 24.7. The van der Waals surface area contributed by atoms with Crippen LogP contribution in [-0.4, -0.2) is 46.7 Å². The molecule has 10 atom stereocenters. The summed E-state index contributed by atoms with van der Waals surface area (Å²) < 4.78 is 5.79. The molecule has 0 amide bonds. The number of aliphatic hydroxyl groups excluding tert-OH is 3. The lowest BCUT2D eigenvalue weighted by Crippen LogP contribution is -2.68. The van der Waals surface area contributed by atoms with E-state index >= 15 is 0 Å². The normalized spacial score (nSPS) is 51.4. The van der Waals surface area contributed by atoms with Gasteiger partial charge in [0.05, 0.1) is 24.2 Å². The number of aliphatic hydroxyl groups is 3. The predicted molar refractivity (Wildman–Crippen MR) is 149 cm³/mol. The molecule has 5 aliphatic carbocycles. The van der Waals surface area contributed by atoms with Gasteiger partial charge in [-0.05, 0) is 97.2 Å². The number of hydrogen-bond donors (Lipinski definition) is 3. The zero-order valence-corrected chi connectivity index (χ0v) is 24.7. The Morgan fingerprint density at radius 1 is 1.03 bits per heavy atom. The van der Waals surface area contributed by atoms with Gasteiger partial charge in [-0.15, -0.1) is 0 Å². The van der Waals surface area contributed by atoms with Gasteiger partial charge in [0.15, 0.2) is 0 Å². The highest BCUT2D eigenvalue weighted by molar-refractivity contribution is 5.79. The number of carbonyl (C=O) groups is 1. The molecule has 5 heteroatoms. The van der Waals surface area contributed by atoms with Crippen molar-refractivity contribution in [1.82, 2.24) is 0 Å². The number of rotatable bonds is 4. The number of carbonyl (C=O) groups excluding carboxylic acids is 1. The van der Waals surface area contributed by atoms with Crippen LogP contribution in [0.5, 0.6) is 0 Å². The number of hydrogen-bond acceptors (Lipinski definition) is 5. The van der Waals surface area contributed by atoms with Crippen LogP contribution in [0, 0.1) is 50.2 Å². The first-order chi connectivity index (χ1) is 17.7. The molecule has 0 aromatic heterocycles. The minimum absolute atomic E-state index is 0.0134. The van der Waals surface area contributed by atoms with Gasteiger partial charge in [-0.25, -0.2) is 0 Å². The van der Waals surface area contributed by atoms with Gasteiger partial charge < -0.3 is 20.1 Å². The number of esters is 1. The van der Waals surface area contributed by atoms with Crippen LogP contribution in [0.3, 0.4) is 0 Å². The average Bonchev–Trinajstić information content (AvgIpc) is 2.86. The van der Waals surface area contributed by atoms with E-state index in [1.807, 2.05) is 6.92 Å². The first-order valence-electron chi connectivity index (χ1n) is 15.1. The zero-order chi connectivity index (χ0) is 27.9. The van der Waals surface area contributed by atoms with Crippen LogP contribution in [0.25, 0.3) is 0 Å². The molecule has 5 aliphatic rings. The van der Waals surface area contributed by atoms with Crippen molar-refractivity contribution >= 4 is 5.97 Å². The van der Waals surface area contributed by atoms with Gasteiger partial charge in [-0.1, -0.05) is 65.8 Å². The second-order valence-corrected chi connectivity index (χ2v) is 15.6. The molecule has 0 bridgehead atoms. The lowest BCUT2D eigenvalue weighted by Gasteiger charge is -2.71. The van der Waals surface area contributed by atoms with E-state index in [1.165, 1.54) is 5.57 Å². The maximum absolute atomic E-state index is 13.7. The molecule has 0 aliphatic heterocycles. The first kappa shape index (κ1) is 28.4. The Balaban J connectivity index is 1.59. The van der Waals surface area contributed by atoms with E-state index in [-0.39, 0.29) is 52.7 Å². The van der Waals surface area contributed by atoms with E-state index in [4.69, 9.17) is 4.74 Å². The fraction of sp³-hybridized carbons (Fsp3) is 0.848. The monoisotopic (exact) mass is 528 g/mol. The Morgan fingerprint density at radius 3 is 2.37 bits per heavy atom. The largest absolute Gasteiger partial charge is 0.461 e. The van der Waals surface area contributed by atoms with Crippen molar-refractivity contribution in [3.63, 3.8) is 0 Å². The third kappa shape index (κ3) is 3.56. The van der Waals surface area contributed by atoms with Crippen molar-refractivity contribution in [1.29, 1.82) is 0 Å². The van der Waals surface area contributed by atoms with Gasteiger partial charge in [0.25, 0.3) is 0 Å². The molecule has 5 rings (SSSR count). The van der Waals surface area contributed by atoms with Crippen LogP contribution >= 0.6 is 0 Å². The SMILES string of the molecule is C=CCOC(=O)[C@]12CCC(C)(C)C[C@H]1C1=CC[C@@H]3[C@@]4(C)C[C@@H](O)[C@H](O)[C@@](C)(CO)[C@@H]4CC[C@@]3(C)[C@]1(C)CC2. The van der Waals surface area contributed by atoms with Gasteiger partial charge in [0, 0.05) is 5.41 Å². The molecule has 5 nitrogen and oxygen atoms in total. The summed E-state index contributed by atoms with van der Waals surface area (Å²) in [6.07, 6.45) is 10.7. The molecule has 0 heterocycles. The Morgan fingerprint density at radius 2 is 1.71 bits per heavy atom. The second-order valence-electron chi connectivity index (χ2n) is 15.6. The molecule has 0 radical (unpaired) electrons. The number of fused-ring (bicyclic) bond motifs is 7. The maximum atomic E-state index is 13.7. The molecule has 0 aromatic carbocycles. The van der Waals surface area contributed by atoms with E-state index in [1.54, 1.807) is 6.08 Å². The molecule has 0 saturated heterocycles. The Labute approximate surface area is 230 Å². The van der Waals surface area contributed by atoms with Gasteiger partial charge in [0.1, 0.15) is 6.61 Å². The van der Waals surface area contributed by atoms with Crippen LogP contribution in [-0.2, 0) is 9.53 Å². The smallest absolute Gasteiger partial charge is 0.312 e. The summed E-state index contributed by atoms with van der Waals surface area (Å²) in [7, 11) is 0. The van der Waals surface area contributed by atoms with E-state index in [9.17, 15) is 20.1 Å². The summed E-state index contributed by atoms with van der Waals surface area (Å²) in [6.45, 7) is 17.9. The van der Waals surface area contributed by atoms with Crippen LogP contribution in [0.1, 0.15) is 99.3 Å². The highest BCUT2D eigenvalue weighted by atomic mass is 16.5. The molecule has 214 valence electrons. The van der Waals surface area contributed by atoms with Crippen molar-refractivity contribution in [3.8, 4) is 0 Å². The lowest BCUT2D eigenvalue weighted by molar-refractivity contribution is -0.243. The van der Waals surface area contributed by atoms with Crippen LogP contribution < -0.4 is 0 Å². The van der Waals surface area contributed by atoms with Gasteiger partial charge in [-0.2, -0.15) is 0 Å². The van der Waals surface area contributed by atoms with Crippen molar-refractivity contribution < 1.29 is 24.9 Å². The summed E-state index contributed by atoms with van der Waals surface area (Å²) in [5, 5.41) is 32.5. The highest BCUT2D eigenvalue weighted by Gasteiger charge is 2.70. The van der Waals surface area contributed by atoms with Crippen molar-refractivity contribution in [2.24, 2.45) is 50.2 Å². The lowest BCUT2D eigenvalue weighted by atomic mass is 9.33. The minimum Gasteiger partial charge on any atom is -0.461 e. The molecule has 0 spiro atoms. The fourth-order valence-electron chi connectivity index (χ4n) is 11.0. The molecule has 0 aromatic rings. The quantitative estimate of drug-likeness (QED) is 0.316. The summed E-state index contributed by atoms with van der Waals surface area (Å²) in [5.74, 6) is 0.645. The maximum Gasteiger partial charge on any atom is 0.312 e. The summed E-state index contributed by atoms with van der Waals surface area (Å²) in [4.78, 5) is 13.7. The van der Waals surface area contributed by atoms with Gasteiger partial charge >= 0.3 is 5.97 Å². The van der Waals surface area contributed by atoms with Gasteiger partial charge in [0.2, 0.25) is 0 Å². The summed E-state index contributed by atoms with van der Waals surface area (Å²) in [6, 6.07) is 0. The van der Waals surface area contributed by atoms with Crippen molar-refractivity contribution in [2.75, 3.05) is 13.2 Å². The summed E-state index contributed by atoms with van der Waals surface area (Å²) >= 11 is 0. The fourth-order valence-corrected chi connectivity index (χ4v) is 11.0. The van der Waals surface area contributed by atoms with Crippen molar-refractivity contribution in [3.05, 3.63) is 24.3 Å². The molecule has 4 saturated carbocycles. The van der Waals surface area contributed by atoms with Crippen LogP contribution in [0.2, 0.25) is 0 Å². The molecule has 4 fully saturated rings. The standard InChI is InChI=1S/C33H52O5/c1-8-17-38-27(37)33-15-13-28(2,3)18-22(33)21-9-10-25-29(4)19-23(35)26(36)30(5,20-34)24(29)11-12-32(25,7)31(21,6)14-16-33/h8-9,22-26,34-36H,1,10-20H2,2-7H3/t22-,23+,24+,25+,26-,29-,30-,31+,32+,33-/m0/s1. The molecular weight excluding hydrogens is 476 g/mol. The second kappa shape index (κ2) is 8.91. The predicted octanol–water partition coefficient (Wildman–Crippen LogP) is 5.82. The van der Waals surface area contributed by atoms with Crippen LogP contribution in [0.4, 0.5) is 0 Å². The number of ether oxygens (including phenoxy) is 1. The Hall–Kier alpha value is -1.17. The Bertz CT molecular complexity index is 1020. The van der Waals surface area contributed by atoms with E-state index in [0.717, 1.165) is 51.4 Å². The first-order valence-corrected chi connectivity index (χ1v) is 15.1. The molecule has 3 N–H and O–H groups in total. The number of allylic oxidation sites excluding steroid dienone is 2. The Kier molecular flexibility index (Phi) is 6.65. The van der Waals surface area contributed by atoms with E-state index < -0.39 is 23.0 Å². The average molecular weight is 529 g/mol. The third-order valence-corrected chi connectivity index (χ3v) is 13.5. The van der Waals surface area contributed by atoms with E-state index in [0.29, 0.717) is 12.3 Å². The van der Waals surface area contributed by atoms with Crippen molar-refractivity contribution in [2.45, 2.75) is 112 Å². The molecular formula is C33H52O5. The summed E-state index contributed by atoms with van der Waals surface area (Å²) in [5.41, 5.74) is 0.295. The highest BCUT2D eigenvalue weighted by Crippen LogP contribution is 2.75. The van der Waals surface area contributed by atoms with Gasteiger partial charge in [-0.3, -0.25) is 4.79 Å². The molecule has 0 unspecified atom stereocenters.